The average Bonchev–Trinajstić information content (AvgIpc) is 2.54. The van der Waals surface area contributed by atoms with E-state index in [0.29, 0.717) is 0 Å². The van der Waals surface area contributed by atoms with Crippen molar-refractivity contribution < 1.29 is 113 Å². The molecular weight excluding hydrogens is 460 g/mol. The van der Waals surface area contributed by atoms with Gasteiger partial charge in [-0.05, 0) is 0 Å². The summed E-state index contributed by atoms with van der Waals surface area (Å²) in [6, 6.07) is 0. The first-order valence-corrected chi connectivity index (χ1v) is 8.17. The van der Waals surface area contributed by atoms with Crippen LogP contribution in [-0.4, -0.2) is 80.7 Å². The van der Waals surface area contributed by atoms with Crippen molar-refractivity contribution in [3.05, 3.63) is 0 Å². The molecule has 0 aliphatic rings. The zero-order chi connectivity index (χ0) is 21.0. The van der Waals surface area contributed by atoms with E-state index in [-0.39, 0.29) is 51.4 Å². The van der Waals surface area contributed by atoms with Crippen molar-refractivity contribution >= 4 is 10.1 Å². The van der Waals surface area contributed by atoms with E-state index in [2.05, 4.69) is 0 Å². The van der Waals surface area contributed by atoms with Crippen molar-refractivity contribution in [1.29, 1.82) is 0 Å². The summed E-state index contributed by atoms with van der Waals surface area (Å²) in [7, 11) is -5.45. The Balaban J connectivity index is 0. The summed E-state index contributed by atoms with van der Waals surface area (Å²) in [6.07, 6.45) is -39.6. The molecule has 0 aromatic rings. The SMILES string of the molecule is O=S(=O)([O-])CC(F)C(F)C(F)C(F)C(F)C(F)C(F)C(F)C(F)C(F)F.[K+]. The minimum Gasteiger partial charge on any atom is -0.748 e. The predicted octanol–water partition coefficient (Wildman–Crippen LogP) is -0.156. The summed E-state index contributed by atoms with van der Waals surface area (Å²) in [5, 5.41) is 0. The maximum Gasteiger partial charge on any atom is 1.00 e. The Morgan fingerprint density at radius 1 is 0.556 bits per heavy atom. The molecule has 0 saturated heterocycles. The van der Waals surface area contributed by atoms with Crippen molar-refractivity contribution in [2.24, 2.45) is 0 Å². The molecule has 3 nitrogen and oxygen atoms in total. The fourth-order valence-corrected chi connectivity index (χ4v) is 2.25. The van der Waals surface area contributed by atoms with E-state index in [4.69, 9.17) is 0 Å². The minimum atomic E-state index is -5.45. The molecule has 0 spiro atoms. The van der Waals surface area contributed by atoms with Crippen LogP contribution in [0.25, 0.3) is 0 Å². The molecule has 0 saturated carbocycles. The van der Waals surface area contributed by atoms with E-state index < -0.39 is 77.8 Å². The van der Waals surface area contributed by atoms with Crippen LogP contribution in [0.2, 0.25) is 0 Å². The summed E-state index contributed by atoms with van der Waals surface area (Å²) in [5.41, 5.74) is 0. The second-order valence-corrected chi connectivity index (χ2v) is 6.58. The van der Waals surface area contributed by atoms with E-state index >= 15 is 0 Å². The number of hydrogen-bond acceptors (Lipinski definition) is 3. The van der Waals surface area contributed by atoms with E-state index in [1.807, 2.05) is 0 Å². The van der Waals surface area contributed by atoms with Crippen LogP contribution in [0, 0.1) is 0 Å². The second-order valence-electron chi connectivity index (χ2n) is 5.13. The first kappa shape index (κ1) is 30.0. The van der Waals surface area contributed by atoms with Gasteiger partial charge in [0.15, 0.2) is 49.4 Å². The van der Waals surface area contributed by atoms with Gasteiger partial charge < -0.3 is 4.55 Å². The molecule has 0 rings (SSSR count). The van der Waals surface area contributed by atoms with Gasteiger partial charge in [-0.2, -0.15) is 0 Å². The van der Waals surface area contributed by atoms with Gasteiger partial charge in [-0.1, -0.05) is 0 Å². The Morgan fingerprint density at radius 2 is 0.815 bits per heavy atom. The molecule has 0 amide bonds. The molecule has 158 valence electrons. The quantitative estimate of drug-likeness (QED) is 0.239. The largest absolute Gasteiger partial charge is 1.00 e. The van der Waals surface area contributed by atoms with E-state index in [1.165, 1.54) is 0 Å². The number of hydrogen-bond donors (Lipinski definition) is 0. The molecule has 0 aromatic heterocycles. The van der Waals surface area contributed by atoms with Crippen molar-refractivity contribution in [3.63, 3.8) is 0 Å². The van der Waals surface area contributed by atoms with Crippen LogP contribution in [0.1, 0.15) is 0 Å². The molecule has 27 heavy (non-hydrogen) atoms. The van der Waals surface area contributed by atoms with Crippen LogP contribution in [0.3, 0.4) is 0 Å². The standard InChI is InChI=1S/C11H13F11O3S.K/c12-2(1-26(23,24)25)3(13)4(14)5(15)6(16)7(17)8(18)9(19)10(20)11(21)22;/h2-11H,1H2,(H,23,24,25);/q;+1/p-1. The molecule has 0 heterocycles. The van der Waals surface area contributed by atoms with Crippen LogP contribution in [-0.2, 0) is 10.1 Å². The van der Waals surface area contributed by atoms with Crippen molar-refractivity contribution in [3.8, 4) is 0 Å². The van der Waals surface area contributed by atoms with Gasteiger partial charge in [0.2, 0.25) is 0 Å². The molecule has 0 radical (unpaired) electrons. The Morgan fingerprint density at radius 3 is 1.07 bits per heavy atom. The summed E-state index contributed by atoms with van der Waals surface area (Å²) in [4.78, 5) is 0. The summed E-state index contributed by atoms with van der Waals surface area (Å²) in [6.45, 7) is 0. The fourth-order valence-electron chi connectivity index (χ4n) is 1.68. The van der Waals surface area contributed by atoms with Gasteiger partial charge in [0.05, 0.1) is 15.9 Å². The predicted molar refractivity (Wildman–Crippen MR) is 64.6 cm³/mol. The molecule has 0 fully saturated rings. The normalized spacial score (nSPS) is 22.7. The molecule has 0 aromatic carbocycles. The van der Waals surface area contributed by atoms with Gasteiger partial charge in [-0.25, -0.2) is 56.7 Å². The molecule has 0 aliphatic heterocycles. The summed E-state index contributed by atoms with van der Waals surface area (Å²) >= 11 is 0. The number of halogens is 11. The van der Waals surface area contributed by atoms with Gasteiger partial charge in [0.25, 0.3) is 6.43 Å². The van der Waals surface area contributed by atoms with Crippen molar-refractivity contribution in [2.45, 2.75) is 62.0 Å². The molecule has 16 heteroatoms. The van der Waals surface area contributed by atoms with Crippen LogP contribution >= 0.6 is 0 Å². The Labute approximate surface area is 189 Å². The Kier molecular flexibility index (Phi) is 13.8. The molecule has 9 unspecified atom stereocenters. The van der Waals surface area contributed by atoms with E-state index in [1.54, 1.807) is 0 Å². The average molecular weight is 472 g/mol. The van der Waals surface area contributed by atoms with Gasteiger partial charge in [-0.3, -0.25) is 0 Å². The van der Waals surface area contributed by atoms with Crippen LogP contribution < -0.4 is 51.4 Å². The third kappa shape index (κ3) is 9.42. The van der Waals surface area contributed by atoms with Gasteiger partial charge in [-0.15, -0.1) is 0 Å². The maximum absolute atomic E-state index is 13.3. The smallest absolute Gasteiger partial charge is 0.748 e. The zero-order valence-electron chi connectivity index (χ0n) is 13.3. The summed E-state index contributed by atoms with van der Waals surface area (Å²) in [5.74, 6) is -2.19. The van der Waals surface area contributed by atoms with Crippen LogP contribution in [0.4, 0.5) is 48.3 Å². The second kappa shape index (κ2) is 12.5. The third-order valence-electron chi connectivity index (χ3n) is 3.08. The fraction of sp³-hybridized carbons (Fsp3) is 1.00. The molecule has 0 N–H and O–H groups in total. The monoisotopic (exact) mass is 472 g/mol. The summed E-state index contributed by atoms with van der Waals surface area (Å²) < 4.78 is 172. The van der Waals surface area contributed by atoms with Crippen LogP contribution in [0.15, 0.2) is 0 Å². The molecule has 9 atom stereocenters. The minimum absolute atomic E-state index is 0. The first-order chi connectivity index (χ1) is 11.6. The Hall–Kier alpha value is 0.776. The van der Waals surface area contributed by atoms with Gasteiger partial charge >= 0.3 is 51.4 Å². The van der Waals surface area contributed by atoms with Crippen molar-refractivity contribution in [2.75, 3.05) is 5.75 Å². The molecule has 0 aliphatic carbocycles. The molecule has 0 bridgehead atoms. The number of alkyl halides is 11. The van der Waals surface area contributed by atoms with Gasteiger partial charge in [0, 0.05) is 0 Å². The Bertz CT molecular complexity index is 528. The van der Waals surface area contributed by atoms with E-state index in [9.17, 15) is 61.3 Å². The number of rotatable bonds is 11. The van der Waals surface area contributed by atoms with Crippen molar-refractivity contribution in [1.82, 2.24) is 0 Å². The van der Waals surface area contributed by atoms with Crippen LogP contribution in [0.5, 0.6) is 0 Å². The zero-order valence-corrected chi connectivity index (χ0v) is 17.2. The van der Waals surface area contributed by atoms with E-state index in [0.717, 1.165) is 0 Å². The van der Waals surface area contributed by atoms with Gasteiger partial charge in [0.1, 0.15) is 6.17 Å². The maximum atomic E-state index is 13.3. The molecular formula is C11H12F11KO3S. The first-order valence-electron chi connectivity index (χ1n) is 6.60. The topological polar surface area (TPSA) is 57.2 Å². The third-order valence-corrected chi connectivity index (χ3v) is 3.81.